The molecule has 1 N–H and O–H groups in total. The first-order chi connectivity index (χ1) is 9.43. The van der Waals surface area contributed by atoms with Crippen LogP contribution < -0.4 is 11.2 Å². The molecule has 2 heterocycles. The van der Waals surface area contributed by atoms with Gasteiger partial charge in [-0.15, -0.1) is 0 Å². The average molecular weight is 277 g/mol. The maximum absolute atomic E-state index is 12.1. The average Bonchev–Trinajstić information content (AvgIpc) is 2.94. The van der Waals surface area contributed by atoms with Crippen LogP contribution in [0.25, 0.3) is 0 Å². The summed E-state index contributed by atoms with van der Waals surface area (Å²) in [6, 6.07) is 3.50. The predicted molar refractivity (Wildman–Crippen MR) is 73.2 cm³/mol. The first-order valence-corrected chi connectivity index (χ1v) is 5.96. The molecule has 0 fully saturated rings. The number of furan rings is 1. The quantitative estimate of drug-likeness (QED) is 0.822. The molecule has 0 aliphatic heterocycles. The van der Waals surface area contributed by atoms with Crippen molar-refractivity contribution in [1.82, 2.24) is 9.13 Å². The van der Waals surface area contributed by atoms with Crippen molar-refractivity contribution in [1.29, 1.82) is 0 Å². The molecule has 0 unspecified atom stereocenters. The van der Waals surface area contributed by atoms with Crippen LogP contribution in [0.3, 0.4) is 0 Å². The zero-order valence-corrected chi connectivity index (χ0v) is 11.5. The highest BCUT2D eigenvalue weighted by Crippen LogP contribution is 2.11. The van der Waals surface area contributed by atoms with E-state index in [9.17, 15) is 14.7 Å². The first kappa shape index (κ1) is 13.9. The molecule has 0 spiro atoms. The molecule has 2 aromatic heterocycles. The van der Waals surface area contributed by atoms with Crippen molar-refractivity contribution < 1.29 is 9.52 Å². The van der Waals surface area contributed by atoms with Crippen molar-refractivity contribution in [2.45, 2.75) is 13.5 Å². The molecule has 0 atom stereocenters. The molecule has 7 heteroatoms. The maximum atomic E-state index is 12.1. The first-order valence-electron chi connectivity index (χ1n) is 5.96. The fourth-order valence-corrected chi connectivity index (χ4v) is 1.83. The molecule has 0 amide bonds. The molecule has 0 aliphatic carbocycles. The summed E-state index contributed by atoms with van der Waals surface area (Å²) in [6.07, 6.45) is 1.53. The molecule has 0 saturated carbocycles. The SMILES string of the molecule is CC(=NCc1ccco1)c1c(O)n(C)c(=O)n(C)c1=O. The maximum Gasteiger partial charge on any atom is 0.333 e. The topological polar surface area (TPSA) is 89.7 Å². The summed E-state index contributed by atoms with van der Waals surface area (Å²) in [5.74, 6) is 0.254. The fourth-order valence-electron chi connectivity index (χ4n) is 1.83. The smallest absolute Gasteiger partial charge is 0.333 e. The van der Waals surface area contributed by atoms with Gasteiger partial charge in [0, 0.05) is 14.1 Å². The van der Waals surface area contributed by atoms with Gasteiger partial charge in [0.1, 0.15) is 11.3 Å². The Bertz CT molecular complexity index is 766. The Morgan fingerprint density at radius 2 is 2.05 bits per heavy atom. The van der Waals surface area contributed by atoms with Crippen LogP contribution in [0.1, 0.15) is 18.2 Å². The van der Waals surface area contributed by atoms with Crippen LogP contribution in [0.2, 0.25) is 0 Å². The van der Waals surface area contributed by atoms with E-state index in [2.05, 4.69) is 4.99 Å². The van der Waals surface area contributed by atoms with Crippen molar-refractivity contribution in [3.8, 4) is 5.88 Å². The molecule has 0 saturated heterocycles. The number of aromatic hydroxyl groups is 1. The van der Waals surface area contributed by atoms with Gasteiger partial charge in [0.05, 0.1) is 18.5 Å². The van der Waals surface area contributed by atoms with Gasteiger partial charge in [0.15, 0.2) is 0 Å². The normalized spacial score (nSPS) is 11.8. The molecule has 0 aromatic carbocycles. The number of hydrogen-bond acceptors (Lipinski definition) is 5. The van der Waals surface area contributed by atoms with Gasteiger partial charge >= 0.3 is 5.69 Å². The molecule has 106 valence electrons. The predicted octanol–water partition coefficient (Wildman–Crippen LogP) is 0.392. The second-order valence-electron chi connectivity index (χ2n) is 4.39. The van der Waals surface area contributed by atoms with Crippen LogP contribution in [0, 0.1) is 0 Å². The van der Waals surface area contributed by atoms with E-state index in [4.69, 9.17) is 4.42 Å². The van der Waals surface area contributed by atoms with E-state index in [-0.39, 0.29) is 12.1 Å². The largest absolute Gasteiger partial charge is 0.494 e. The lowest BCUT2D eigenvalue weighted by atomic mass is 10.2. The third kappa shape index (κ3) is 2.29. The second-order valence-corrected chi connectivity index (χ2v) is 4.39. The van der Waals surface area contributed by atoms with Crippen LogP contribution >= 0.6 is 0 Å². The Balaban J connectivity index is 2.50. The van der Waals surface area contributed by atoms with Crippen molar-refractivity contribution >= 4 is 5.71 Å². The third-order valence-corrected chi connectivity index (χ3v) is 3.05. The van der Waals surface area contributed by atoms with Crippen LogP contribution in [0.5, 0.6) is 5.88 Å². The van der Waals surface area contributed by atoms with Crippen LogP contribution in [0.4, 0.5) is 0 Å². The molecule has 0 aliphatic rings. The minimum absolute atomic E-state index is 0.0150. The minimum atomic E-state index is -0.588. The zero-order chi connectivity index (χ0) is 14.9. The lowest BCUT2D eigenvalue weighted by Crippen LogP contribution is -2.39. The fraction of sp³-hybridized carbons (Fsp3) is 0.308. The summed E-state index contributed by atoms with van der Waals surface area (Å²) < 4.78 is 7.07. The summed E-state index contributed by atoms with van der Waals surface area (Å²) in [5, 5.41) is 9.96. The molecule has 2 aromatic rings. The van der Waals surface area contributed by atoms with Crippen molar-refractivity contribution in [3.63, 3.8) is 0 Å². The number of aromatic nitrogens is 2. The molecular weight excluding hydrogens is 262 g/mol. The Morgan fingerprint density at radius 3 is 2.65 bits per heavy atom. The van der Waals surface area contributed by atoms with Gasteiger partial charge in [-0.3, -0.25) is 18.9 Å². The summed E-state index contributed by atoms with van der Waals surface area (Å²) in [6.45, 7) is 1.86. The van der Waals surface area contributed by atoms with E-state index in [1.54, 1.807) is 19.1 Å². The second kappa shape index (κ2) is 5.20. The lowest BCUT2D eigenvalue weighted by Gasteiger charge is -2.09. The van der Waals surface area contributed by atoms with E-state index >= 15 is 0 Å². The van der Waals surface area contributed by atoms with E-state index < -0.39 is 17.1 Å². The molecule has 20 heavy (non-hydrogen) atoms. The summed E-state index contributed by atoms with van der Waals surface area (Å²) in [5.41, 5.74) is -0.808. The van der Waals surface area contributed by atoms with Crippen LogP contribution in [-0.2, 0) is 20.6 Å². The Morgan fingerprint density at radius 1 is 1.35 bits per heavy atom. The number of aliphatic imine (C=N–C) groups is 1. The highest BCUT2D eigenvalue weighted by molar-refractivity contribution is 6.00. The van der Waals surface area contributed by atoms with Gasteiger partial charge in [-0.2, -0.15) is 0 Å². The lowest BCUT2D eigenvalue weighted by molar-refractivity contribution is 0.410. The Hall–Kier alpha value is -2.57. The van der Waals surface area contributed by atoms with Crippen molar-refractivity contribution in [2.75, 3.05) is 0 Å². The van der Waals surface area contributed by atoms with E-state index in [0.29, 0.717) is 11.5 Å². The minimum Gasteiger partial charge on any atom is -0.494 e. The molecule has 0 bridgehead atoms. The van der Waals surface area contributed by atoms with Gasteiger partial charge in [0.2, 0.25) is 5.88 Å². The summed E-state index contributed by atoms with van der Waals surface area (Å²) in [7, 11) is 2.74. The summed E-state index contributed by atoms with van der Waals surface area (Å²) in [4.78, 5) is 27.9. The van der Waals surface area contributed by atoms with Gasteiger partial charge in [-0.25, -0.2) is 4.79 Å². The molecular formula is C13H15N3O4. The Kier molecular flexibility index (Phi) is 3.60. The number of rotatable bonds is 3. The van der Waals surface area contributed by atoms with E-state index in [1.165, 1.54) is 20.4 Å². The standard InChI is InChI=1S/C13H15N3O4/c1-8(14-7-9-5-4-6-20-9)10-11(17)15(2)13(19)16(3)12(10)18/h4-6,17H,7H2,1-3H3. The summed E-state index contributed by atoms with van der Waals surface area (Å²) >= 11 is 0. The molecule has 7 nitrogen and oxygen atoms in total. The van der Waals surface area contributed by atoms with Gasteiger partial charge in [0.25, 0.3) is 5.56 Å². The van der Waals surface area contributed by atoms with E-state index in [0.717, 1.165) is 9.13 Å². The van der Waals surface area contributed by atoms with Crippen molar-refractivity contribution in [2.24, 2.45) is 19.1 Å². The van der Waals surface area contributed by atoms with Crippen LogP contribution in [-0.4, -0.2) is 20.0 Å². The number of hydrogen-bond donors (Lipinski definition) is 1. The monoisotopic (exact) mass is 277 g/mol. The third-order valence-electron chi connectivity index (χ3n) is 3.05. The van der Waals surface area contributed by atoms with Gasteiger partial charge < -0.3 is 9.52 Å². The van der Waals surface area contributed by atoms with Gasteiger partial charge in [-0.05, 0) is 19.1 Å². The van der Waals surface area contributed by atoms with Crippen LogP contribution in [0.15, 0.2) is 37.4 Å². The molecule has 0 radical (unpaired) electrons. The highest BCUT2D eigenvalue weighted by atomic mass is 16.3. The molecule has 2 rings (SSSR count). The number of nitrogens with zero attached hydrogens (tertiary/aromatic N) is 3. The van der Waals surface area contributed by atoms with Crippen molar-refractivity contribution in [3.05, 3.63) is 50.6 Å². The highest BCUT2D eigenvalue weighted by Gasteiger charge is 2.17. The van der Waals surface area contributed by atoms with E-state index in [1.807, 2.05) is 0 Å². The Labute approximate surface area is 114 Å². The van der Waals surface area contributed by atoms with Gasteiger partial charge in [-0.1, -0.05) is 0 Å². The zero-order valence-electron chi connectivity index (χ0n) is 11.5.